The molecule has 0 aromatic carbocycles. The Balaban J connectivity index is 4.80. The molecule has 0 aromatic heterocycles. The average Bonchev–Trinajstić information content (AvgIpc) is 2.50. The van der Waals surface area contributed by atoms with Gasteiger partial charge in [0.2, 0.25) is 0 Å². The molecule has 0 spiro atoms. The van der Waals surface area contributed by atoms with Crippen molar-refractivity contribution in [2.24, 2.45) is 0 Å². The summed E-state index contributed by atoms with van der Waals surface area (Å²) < 4.78 is 26.0. The molecule has 0 bridgehead atoms. The lowest BCUT2D eigenvalue weighted by Gasteiger charge is -2.27. The van der Waals surface area contributed by atoms with Gasteiger partial charge in [-0.1, -0.05) is 0 Å². The largest absolute Gasteiger partial charge is 0.514 e. The molecule has 1 unspecified atom stereocenters. The van der Waals surface area contributed by atoms with Gasteiger partial charge in [0.25, 0.3) is 0 Å². The highest BCUT2D eigenvalue weighted by atomic mass is 28.4. The maximum Gasteiger partial charge on any atom is 0.514 e. The minimum atomic E-state index is -2.92. The van der Waals surface area contributed by atoms with Gasteiger partial charge in [-0.25, -0.2) is 0 Å². The monoisotopic (exact) mass is 337 g/mol. The molecule has 130 valence electrons. The van der Waals surface area contributed by atoms with Crippen molar-refractivity contribution in [2.75, 3.05) is 40.2 Å². The summed E-state index contributed by atoms with van der Waals surface area (Å²) in [6.07, 6.45) is 0.0490. The Morgan fingerprint density at radius 2 is 1.59 bits per heavy atom. The highest BCUT2D eigenvalue weighted by Crippen LogP contribution is 2.08. The summed E-state index contributed by atoms with van der Waals surface area (Å²) in [5.41, 5.74) is 0. The zero-order valence-electron chi connectivity index (χ0n) is 14.0. The van der Waals surface area contributed by atoms with Crippen LogP contribution in [0.5, 0.6) is 0 Å². The van der Waals surface area contributed by atoms with E-state index in [0.29, 0.717) is 6.61 Å². The molecule has 0 saturated heterocycles. The van der Waals surface area contributed by atoms with Gasteiger partial charge >= 0.3 is 20.7 Å². The fraction of sp³-hybridized carbons (Fsp3) is 0.846. The molecule has 0 rings (SSSR count). The van der Waals surface area contributed by atoms with Crippen LogP contribution in [0.4, 0.5) is 0 Å². The van der Waals surface area contributed by atoms with E-state index in [2.05, 4.69) is 5.32 Å². The molecule has 1 atom stereocenters. The SMILES string of the molecule is CCOC(=O)CC(NC[Si](OC)(OC)OCC)C(=O)OCC. The Morgan fingerprint density at radius 1 is 1.00 bits per heavy atom. The van der Waals surface area contributed by atoms with E-state index >= 15 is 0 Å². The fourth-order valence-corrected chi connectivity index (χ4v) is 3.46. The summed E-state index contributed by atoms with van der Waals surface area (Å²) in [4.78, 5) is 23.5. The lowest BCUT2D eigenvalue weighted by Crippen LogP contribution is -2.56. The molecule has 0 amide bonds. The highest BCUT2D eigenvalue weighted by molar-refractivity contribution is 6.60. The second kappa shape index (κ2) is 11.5. The predicted molar refractivity (Wildman–Crippen MR) is 81.1 cm³/mol. The first-order chi connectivity index (χ1) is 10.5. The first-order valence-electron chi connectivity index (χ1n) is 7.28. The fourth-order valence-electron chi connectivity index (χ4n) is 1.73. The molecule has 0 aliphatic heterocycles. The van der Waals surface area contributed by atoms with Crippen molar-refractivity contribution in [1.29, 1.82) is 0 Å². The molecule has 9 heteroatoms. The van der Waals surface area contributed by atoms with Crippen LogP contribution in [0.15, 0.2) is 0 Å². The summed E-state index contributed by atoms with van der Waals surface area (Å²) in [6, 6.07) is -0.836. The minimum absolute atomic E-state index is 0.128. The molecule has 0 aromatic rings. The number of esters is 2. The summed E-state index contributed by atoms with van der Waals surface area (Å²) in [6.45, 7) is 6.11. The Bertz CT molecular complexity index is 336. The number of rotatable bonds is 12. The van der Waals surface area contributed by atoms with Gasteiger partial charge in [-0.15, -0.1) is 0 Å². The molecule has 1 N–H and O–H groups in total. The smallest absolute Gasteiger partial charge is 0.466 e. The lowest BCUT2D eigenvalue weighted by molar-refractivity contribution is -0.152. The molecule has 22 heavy (non-hydrogen) atoms. The average molecular weight is 337 g/mol. The van der Waals surface area contributed by atoms with Gasteiger partial charge in [0.05, 0.1) is 25.8 Å². The molecule has 0 radical (unpaired) electrons. The van der Waals surface area contributed by atoms with Gasteiger partial charge in [0.15, 0.2) is 0 Å². The van der Waals surface area contributed by atoms with Crippen LogP contribution in [-0.2, 0) is 32.3 Å². The summed E-state index contributed by atoms with van der Waals surface area (Å²) >= 11 is 0. The summed E-state index contributed by atoms with van der Waals surface area (Å²) in [7, 11) is 0.0522. The Labute approximate surface area is 132 Å². The van der Waals surface area contributed by atoms with E-state index in [-0.39, 0.29) is 25.8 Å². The van der Waals surface area contributed by atoms with E-state index < -0.39 is 26.8 Å². The van der Waals surface area contributed by atoms with E-state index in [0.717, 1.165) is 0 Å². The molecule has 0 aliphatic carbocycles. The van der Waals surface area contributed by atoms with Gasteiger partial charge in [0, 0.05) is 20.8 Å². The van der Waals surface area contributed by atoms with Crippen LogP contribution in [0, 0.1) is 0 Å². The van der Waals surface area contributed by atoms with Gasteiger partial charge in [-0.2, -0.15) is 0 Å². The van der Waals surface area contributed by atoms with Crippen molar-refractivity contribution in [3.8, 4) is 0 Å². The van der Waals surface area contributed by atoms with E-state index in [9.17, 15) is 9.59 Å². The predicted octanol–water partition coefficient (Wildman–Crippen LogP) is 0.268. The Morgan fingerprint density at radius 3 is 2.05 bits per heavy atom. The van der Waals surface area contributed by atoms with Crippen LogP contribution in [0.2, 0.25) is 0 Å². The van der Waals surface area contributed by atoms with E-state index in [1.165, 1.54) is 14.2 Å². The van der Waals surface area contributed by atoms with E-state index in [1.807, 2.05) is 6.92 Å². The number of carbonyl (C=O) groups excluding carboxylic acids is 2. The van der Waals surface area contributed by atoms with Crippen molar-refractivity contribution in [2.45, 2.75) is 33.2 Å². The molecular formula is C13H27NO7Si. The van der Waals surface area contributed by atoms with Crippen molar-refractivity contribution in [3.63, 3.8) is 0 Å². The first-order valence-corrected chi connectivity index (χ1v) is 9.21. The third-order valence-electron chi connectivity index (χ3n) is 2.80. The molecule has 8 nitrogen and oxygen atoms in total. The Kier molecular flexibility index (Phi) is 11.0. The van der Waals surface area contributed by atoms with Gasteiger partial charge in [-0.3, -0.25) is 14.9 Å². The third-order valence-corrected chi connectivity index (χ3v) is 5.41. The number of ether oxygens (including phenoxy) is 2. The first kappa shape index (κ1) is 21.0. The van der Waals surface area contributed by atoms with Crippen LogP contribution >= 0.6 is 0 Å². The molecule has 0 heterocycles. The summed E-state index contributed by atoms with van der Waals surface area (Å²) in [5, 5.41) is 2.93. The van der Waals surface area contributed by atoms with Crippen LogP contribution in [-0.4, -0.2) is 67.0 Å². The maximum absolute atomic E-state index is 11.9. The van der Waals surface area contributed by atoms with Crippen molar-refractivity contribution >= 4 is 20.7 Å². The third kappa shape index (κ3) is 7.32. The number of hydrogen-bond acceptors (Lipinski definition) is 8. The second-order valence-electron chi connectivity index (χ2n) is 4.22. The quantitative estimate of drug-likeness (QED) is 0.401. The van der Waals surface area contributed by atoms with E-state index in [1.54, 1.807) is 13.8 Å². The zero-order valence-corrected chi connectivity index (χ0v) is 15.0. The van der Waals surface area contributed by atoms with Crippen LogP contribution < -0.4 is 5.32 Å². The maximum atomic E-state index is 11.9. The van der Waals surface area contributed by atoms with Crippen LogP contribution in [0.25, 0.3) is 0 Å². The Hall–Kier alpha value is -1.00. The number of nitrogens with one attached hydrogen (secondary N) is 1. The van der Waals surface area contributed by atoms with Crippen LogP contribution in [0.1, 0.15) is 27.2 Å². The van der Waals surface area contributed by atoms with Gasteiger partial charge in [-0.05, 0) is 20.8 Å². The normalized spacial score (nSPS) is 12.8. The van der Waals surface area contributed by atoms with Gasteiger partial charge in [0.1, 0.15) is 6.04 Å². The standard InChI is InChI=1S/C13H27NO7Si/c1-6-19-12(15)9-11(13(16)20-7-2)14-10-22(17-4,18-5)21-8-3/h11,14H,6-10H2,1-5H3. The van der Waals surface area contributed by atoms with Gasteiger partial charge < -0.3 is 22.8 Å². The van der Waals surface area contributed by atoms with Crippen molar-refractivity contribution < 1.29 is 32.3 Å². The topological polar surface area (TPSA) is 92.3 Å². The van der Waals surface area contributed by atoms with Crippen molar-refractivity contribution in [1.82, 2.24) is 5.32 Å². The molecule has 0 aliphatic rings. The lowest BCUT2D eigenvalue weighted by atomic mass is 10.2. The zero-order chi connectivity index (χ0) is 17.0. The molecule has 0 saturated carbocycles. The van der Waals surface area contributed by atoms with E-state index in [4.69, 9.17) is 22.8 Å². The molecule has 0 fully saturated rings. The second-order valence-corrected chi connectivity index (χ2v) is 7.04. The van der Waals surface area contributed by atoms with Crippen molar-refractivity contribution in [3.05, 3.63) is 0 Å². The highest BCUT2D eigenvalue weighted by Gasteiger charge is 2.40. The van der Waals surface area contributed by atoms with Crippen LogP contribution in [0.3, 0.4) is 0 Å². The number of hydrogen-bond donors (Lipinski definition) is 1. The summed E-state index contributed by atoms with van der Waals surface area (Å²) in [5.74, 6) is -1.01. The molecular weight excluding hydrogens is 310 g/mol. The number of carbonyl (C=O) groups is 2. The minimum Gasteiger partial charge on any atom is -0.466 e.